The van der Waals surface area contributed by atoms with Crippen LogP contribution in [-0.2, 0) is 13.6 Å². The second kappa shape index (κ2) is 5.24. The van der Waals surface area contributed by atoms with Crippen LogP contribution in [-0.4, -0.2) is 25.4 Å². The number of hydrogen-bond donors (Lipinski definition) is 1. The summed E-state index contributed by atoms with van der Waals surface area (Å²) in [5.74, 6) is 0.541. The molecule has 0 aliphatic carbocycles. The van der Waals surface area contributed by atoms with Crippen molar-refractivity contribution in [3.8, 4) is 0 Å². The SMILES string of the molecule is CSc1nc2c(c(=O)[nH]c(=O)n2C)n1CCC(C)C. The molecule has 0 aliphatic heterocycles. The van der Waals surface area contributed by atoms with Gasteiger partial charge in [0, 0.05) is 13.6 Å². The van der Waals surface area contributed by atoms with Gasteiger partial charge in [-0.15, -0.1) is 0 Å². The number of H-pyrrole nitrogens is 1. The van der Waals surface area contributed by atoms with E-state index < -0.39 is 5.69 Å². The van der Waals surface area contributed by atoms with Crippen molar-refractivity contribution in [3.05, 3.63) is 20.8 Å². The topological polar surface area (TPSA) is 72.7 Å². The van der Waals surface area contributed by atoms with E-state index in [4.69, 9.17) is 0 Å². The lowest BCUT2D eigenvalue weighted by Crippen LogP contribution is -2.29. The second-order valence-electron chi connectivity index (χ2n) is 4.92. The van der Waals surface area contributed by atoms with Crippen molar-refractivity contribution >= 4 is 22.9 Å². The standard InChI is InChI=1S/C12H18N4O2S/c1-7(2)5-6-16-8-9(13-12(16)19-4)15(3)11(18)14-10(8)17/h7H,5-6H2,1-4H3,(H,14,17,18). The van der Waals surface area contributed by atoms with Crippen LogP contribution in [0.1, 0.15) is 20.3 Å². The Bertz CT molecular complexity index is 711. The van der Waals surface area contributed by atoms with Crippen molar-refractivity contribution in [3.63, 3.8) is 0 Å². The molecular formula is C12H18N4O2S. The van der Waals surface area contributed by atoms with Gasteiger partial charge in [-0.25, -0.2) is 9.78 Å². The van der Waals surface area contributed by atoms with Crippen LogP contribution in [0.2, 0.25) is 0 Å². The molecule has 0 spiro atoms. The Kier molecular flexibility index (Phi) is 3.84. The molecule has 0 fully saturated rings. The van der Waals surface area contributed by atoms with E-state index in [0.717, 1.165) is 18.1 Å². The fourth-order valence-electron chi connectivity index (χ4n) is 1.97. The van der Waals surface area contributed by atoms with E-state index in [2.05, 4.69) is 23.8 Å². The number of fused-ring (bicyclic) bond motifs is 1. The number of nitrogens with one attached hydrogen (secondary N) is 1. The third-order valence-electron chi connectivity index (χ3n) is 3.08. The summed E-state index contributed by atoms with van der Waals surface area (Å²) in [5, 5.41) is 0.766. The first-order valence-corrected chi connectivity index (χ1v) is 7.41. The third-order valence-corrected chi connectivity index (χ3v) is 3.76. The summed E-state index contributed by atoms with van der Waals surface area (Å²) in [6.45, 7) is 5.00. The Balaban J connectivity index is 2.70. The minimum atomic E-state index is -0.432. The molecule has 2 rings (SSSR count). The Morgan fingerprint density at radius 2 is 2.05 bits per heavy atom. The van der Waals surface area contributed by atoms with Crippen LogP contribution in [0.3, 0.4) is 0 Å². The lowest BCUT2D eigenvalue weighted by Gasteiger charge is -2.08. The van der Waals surface area contributed by atoms with Crippen molar-refractivity contribution in [1.29, 1.82) is 0 Å². The highest BCUT2D eigenvalue weighted by atomic mass is 32.2. The molecule has 0 aliphatic rings. The van der Waals surface area contributed by atoms with Crippen molar-refractivity contribution in [2.24, 2.45) is 13.0 Å². The maximum atomic E-state index is 12.0. The van der Waals surface area contributed by atoms with Crippen molar-refractivity contribution < 1.29 is 0 Å². The first kappa shape index (κ1) is 13.9. The van der Waals surface area contributed by atoms with Gasteiger partial charge in [0.1, 0.15) is 0 Å². The van der Waals surface area contributed by atoms with Gasteiger partial charge in [-0.2, -0.15) is 0 Å². The van der Waals surface area contributed by atoms with Gasteiger partial charge in [0.25, 0.3) is 5.56 Å². The number of imidazole rings is 1. The summed E-state index contributed by atoms with van der Waals surface area (Å²) in [5.41, 5.74) is 0.127. The summed E-state index contributed by atoms with van der Waals surface area (Å²) >= 11 is 1.48. The van der Waals surface area contributed by atoms with Crippen LogP contribution in [0.25, 0.3) is 11.2 Å². The molecule has 0 aromatic carbocycles. The fourth-order valence-corrected chi connectivity index (χ4v) is 2.55. The highest BCUT2D eigenvalue weighted by Crippen LogP contribution is 2.20. The second-order valence-corrected chi connectivity index (χ2v) is 5.70. The maximum absolute atomic E-state index is 12.0. The van der Waals surface area contributed by atoms with Gasteiger partial charge in [0.05, 0.1) is 0 Å². The number of nitrogens with zero attached hydrogens (tertiary/aromatic N) is 3. The van der Waals surface area contributed by atoms with Crippen LogP contribution in [0.15, 0.2) is 14.7 Å². The van der Waals surface area contributed by atoms with E-state index in [1.54, 1.807) is 7.05 Å². The molecule has 6 nitrogen and oxygen atoms in total. The molecule has 1 N–H and O–H groups in total. The summed E-state index contributed by atoms with van der Waals surface area (Å²) in [6.07, 6.45) is 2.88. The Hall–Kier alpha value is -1.50. The highest BCUT2D eigenvalue weighted by molar-refractivity contribution is 7.98. The van der Waals surface area contributed by atoms with E-state index >= 15 is 0 Å². The molecule has 7 heteroatoms. The van der Waals surface area contributed by atoms with Gasteiger partial charge in [-0.05, 0) is 18.6 Å². The van der Waals surface area contributed by atoms with Crippen LogP contribution < -0.4 is 11.2 Å². The molecule has 104 valence electrons. The van der Waals surface area contributed by atoms with E-state index in [0.29, 0.717) is 17.1 Å². The number of thioether (sulfide) groups is 1. The van der Waals surface area contributed by atoms with Crippen molar-refractivity contribution in [1.82, 2.24) is 19.1 Å². The molecule has 2 heterocycles. The number of hydrogen-bond acceptors (Lipinski definition) is 4. The normalized spacial score (nSPS) is 11.6. The fraction of sp³-hybridized carbons (Fsp3) is 0.583. The van der Waals surface area contributed by atoms with Crippen molar-refractivity contribution in [2.45, 2.75) is 32.0 Å². The molecule has 2 aromatic rings. The lowest BCUT2D eigenvalue weighted by atomic mass is 10.1. The molecule has 0 amide bonds. The molecule has 19 heavy (non-hydrogen) atoms. The summed E-state index contributed by atoms with van der Waals surface area (Å²) in [6, 6.07) is 0. The zero-order chi connectivity index (χ0) is 14.2. The van der Waals surface area contributed by atoms with Gasteiger partial charge in [-0.3, -0.25) is 14.3 Å². The number of rotatable bonds is 4. The molecular weight excluding hydrogens is 264 g/mol. The van der Waals surface area contributed by atoms with Gasteiger partial charge in [-0.1, -0.05) is 25.6 Å². The molecule has 0 radical (unpaired) electrons. The van der Waals surface area contributed by atoms with Gasteiger partial charge in [0.2, 0.25) is 0 Å². The van der Waals surface area contributed by atoms with Gasteiger partial charge in [0.15, 0.2) is 16.3 Å². The first-order chi connectivity index (χ1) is 8.95. The van der Waals surface area contributed by atoms with Crippen LogP contribution in [0.5, 0.6) is 0 Å². The number of aryl methyl sites for hydroxylation is 2. The molecule has 0 bridgehead atoms. The quantitative estimate of drug-likeness (QED) is 0.855. The Morgan fingerprint density at radius 3 is 2.63 bits per heavy atom. The van der Waals surface area contributed by atoms with Gasteiger partial charge >= 0.3 is 5.69 Å². The molecule has 0 saturated heterocycles. The smallest absolute Gasteiger partial charge is 0.313 e. The van der Waals surface area contributed by atoms with E-state index in [1.807, 2.05) is 10.8 Å². The van der Waals surface area contributed by atoms with E-state index in [9.17, 15) is 9.59 Å². The van der Waals surface area contributed by atoms with E-state index in [-0.39, 0.29) is 5.56 Å². The predicted molar refractivity (Wildman–Crippen MR) is 76.8 cm³/mol. The molecule has 0 saturated carbocycles. The third kappa shape index (κ3) is 2.47. The summed E-state index contributed by atoms with van der Waals surface area (Å²) < 4.78 is 3.28. The number of aromatic nitrogens is 4. The van der Waals surface area contributed by atoms with Crippen LogP contribution in [0, 0.1) is 5.92 Å². The zero-order valence-corrected chi connectivity index (χ0v) is 12.4. The van der Waals surface area contributed by atoms with Gasteiger partial charge < -0.3 is 4.57 Å². The van der Waals surface area contributed by atoms with E-state index in [1.165, 1.54) is 16.3 Å². The molecule has 0 atom stereocenters. The maximum Gasteiger partial charge on any atom is 0.329 e. The average Bonchev–Trinajstić information content (AvgIpc) is 2.72. The number of aromatic amines is 1. The zero-order valence-electron chi connectivity index (χ0n) is 11.6. The lowest BCUT2D eigenvalue weighted by molar-refractivity contribution is 0.503. The molecule has 2 aromatic heterocycles. The summed E-state index contributed by atoms with van der Waals surface area (Å²) in [4.78, 5) is 30.3. The van der Waals surface area contributed by atoms with Crippen LogP contribution >= 0.6 is 11.8 Å². The Labute approximate surface area is 114 Å². The van der Waals surface area contributed by atoms with Crippen molar-refractivity contribution in [2.75, 3.05) is 6.26 Å². The molecule has 0 unspecified atom stereocenters. The Morgan fingerprint density at radius 1 is 1.37 bits per heavy atom. The first-order valence-electron chi connectivity index (χ1n) is 6.19. The minimum Gasteiger partial charge on any atom is -0.313 e. The minimum absolute atomic E-state index is 0.366. The van der Waals surface area contributed by atoms with Crippen LogP contribution in [0.4, 0.5) is 0 Å². The average molecular weight is 282 g/mol. The predicted octanol–water partition coefficient (Wildman–Crippen LogP) is 1.19. The monoisotopic (exact) mass is 282 g/mol. The largest absolute Gasteiger partial charge is 0.329 e. The summed E-state index contributed by atoms with van der Waals surface area (Å²) in [7, 11) is 1.62. The highest BCUT2D eigenvalue weighted by Gasteiger charge is 2.16.